The summed E-state index contributed by atoms with van der Waals surface area (Å²) in [5.74, 6) is -1.28. The van der Waals surface area contributed by atoms with Crippen LogP contribution in [0.15, 0.2) is 22.7 Å². The van der Waals surface area contributed by atoms with E-state index in [0.29, 0.717) is 18.8 Å². The minimum atomic E-state index is -1.22. The summed E-state index contributed by atoms with van der Waals surface area (Å²) in [6.07, 6.45) is 0.697. The molecule has 2 heterocycles. The summed E-state index contributed by atoms with van der Waals surface area (Å²) in [4.78, 5) is 10.7. The van der Waals surface area contributed by atoms with Gasteiger partial charge in [0.05, 0.1) is 12.2 Å². The lowest BCUT2D eigenvalue weighted by Gasteiger charge is -2.05. The molecule has 18 heavy (non-hydrogen) atoms. The van der Waals surface area contributed by atoms with Crippen molar-refractivity contribution in [2.24, 2.45) is 0 Å². The lowest BCUT2D eigenvalue weighted by molar-refractivity contribution is 0.0686. The van der Waals surface area contributed by atoms with E-state index in [9.17, 15) is 9.18 Å². The number of hydrogen-bond acceptors (Lipinski definition) is 4. The van der Waals surface area contributed by atoms with E-state index in [2.05, 4.69) is 5.16 Å². The summed E-state index contributed by atoms with van der Waals surface area (Å²) in [5, 5.41) is 12.1. The first-order chi connectivity index (χ1) is 8.66. The highest BCUT2D eigenvalue weighted by Crippen LogP contribution is 2.39. The Labute approximate surface area is 101 Å². The second kappa shape index (κ2) is 3.83. The van der Waals surface area contributed by atoms with Gasteiger partial charge in [-0.3, -0.25) is 0 Å². The molecule has 6 heteroatoms. The van der Waals surface area contributed by atoms with Gasteiger partial charge in [-0.1, -0.05) is 11.2 Å². The summed E-state index contributed by atoms with van der Waals surface area (Å²) >= 11 is 0. The largest absolute Gasteiger partial charge is 0.492 e. The third kappa shape index (κ3) is 1.54. The fraction of sp³-hybridized carbons (Fsp3) is 0.167. The third-order valence-corrected chi connectivity index (χ3v) is 2.78. The van der Waals surface area contributed by atoms with E-state index in [1.165, 1.54) is 12.1 Å². The predicted molar refractivity (Wildman–Crippen MR) is 58.1 cm³/mol. The minimum absolute atomic E-state index is 0.0589. The van der Waals surface area contributed by atoms with Crippen LogP contribution in [-0.4, -0.2) is 22.8 Å². The highest BCUT2D eigenvalue weighted by Gasteiger charge is 2.24. The third-order valence-electron chi connectivity index (χ3n) is 2.78. The number of ether oxygens (including phenoxy) is 1. The Balaban J connectivity index is 2.16. The van der Waals surface area contributed by atoms with Crippen molar-refractivity contribution in [2.75, 3.05) is 6.61 Å². The van der Waals surface area contributed by atoms with Gasteiger partial charge in [0.15, 0.2) is 11.5 Å². The van der Waals surface area contributed by atoms with Crippen LogP contribution in [0.25, 0.3) is 11.3 Å². The maximum atomic E-state index is 13.8. The highest BCUT2D eigenvalue weighted by molar-refractivity contribution is 5.87. The molecule has 1 aliphatic rings. The van der Waals surface area contributed by atoms with Gasteiger partial charge in [-0.05, 0) is 11.6 Å². The molecule has 0 saturated carbocycles. The van der Waals surface area contributed by atoms with Gasteiger partial charge < -0.3 is 14.4 Å². The molecule has 0 unspecified atom stereocenters. The van der Waals surface area contributed by atoms with Gasteiger partial charge in [0.25, 0.3) is 0 Å². The molecule has 0 bridgehead atoms. The second-order valence-electron chi connectivity index (χ2n) is 3.89. The molecule has 0 atom stereocenters. The first-order valence-electron chi connectivity index (χ1n) is 5.31. The van der Waals surface area contributed by atoms with Crippen molar-refractivity contribution in [2.45, 2.75) is 6.42 Å². The van der Waals surface area contributed by atoms with Crippen LogP contribution >= 0.6 is 0 Å². The Hall–Kier alpha value is -2.37. The predicted octanol–water partition coefficient (Wildman–Crippen LogP) is 2.11. The molecule has 0 radical (unpaired) electrons. The van der Waals surface area contributed by atoms with Gasteiger partial charge in [-0.2, -0.15) is 0 Å². The average Bonchev–Trinajstić information content (AvgIpc) is 2.95. The minimum Gasteiger partial charge on any atom is -0.492 e. The van der Waals surface area contributed by atoms with Gasteiger partial charge in [-0.15, -0.1) is 0 Å². The van der Waals surface area contributed by atoms with Crippen molar-refractivity contribution in [1.82, 2.24) is 5.16 Å². The normalized spacial score (nSPS) is 13.2. The van der Waals surface area contributed by atoms with Crippen molar-refractivity contribution < 1.29 is 23.6 Å². The number of aromatic carboxylic acids is 1. The Kier molecular flexibility index (Phi) is 2.29. The van der Waals surface area contributed by atoms with Crippen LogP contribution in [0.5, 0.6) is 5.75 Å². The lowest BCUT2D eigenvalue weighted by Crippen LogP contribution is -1.94. The number of halogens is 1. The van der Waals surface area contributed by atoms with Gasteiger partial charge in [0, 0.05) is 12.5 Å². The van der Waals surface area contributed by atoms with E-state index in [0.717, 1.165) is 5.56 Å². The molecule has 1 aromatic carbocycles. The fourth-order valence-corrected chi connectivity index (χ4v) is 1.95. The summed E-state index contributed by atoms with van der Waals surface area (Å²) in [6.45, 7) is 0.478. The number of carboxylic acids is 1. The molecule has 1 aromatic heterocycles. The molecule has 0 spiro atoms. The SMILES string of the molecule is O=C(O)c1cc(-c2c(F)ccc3c2OCC3)on1. The molecule has 2 aromatic rings. The Bertz CT molecular complexity index is 635. The second-order valence-corrected chi connectivity index (χ2v) is 3.89. The van der Waals surface area contributed by atoms with E-state index in [1.807, 2.05) is 0 Å². The molecule has 0 saturated heterocycles. The monoisotopic (exact) mass is 249 g/mol. The van der Waals surface area contributed by atoms with E-state index >= 15 is 0 Å². The maximum absolute atomic E-state index is 13.8. The average molecular weight is 249 g/mol. The number of rotatable bonds is 2. The number of benzene rings is 1. The van der Waals surface area contributed by atoms with Crippen LogP contribution in [0.3, 0.4) is 0 Å². The molecular weight excluding hydrogens is 241 g/mol. The first-order valence-corrected chi connectivity index (χ1v) is 5.31. The lowest BCUT2D eigenvalue weighted by atomic mass is 10.1. The van der Waals surface area contributed by atoms with Gasteiger partial charge >= 0.3 is 5.97 Å². The van der Waals surface area contributed by atoms with Crippen molar-refractivity contribution in [3.05, 3.63) is 35.3 Å². The smallest absolute Gasteiger partial charge is 0.358 e. The molecular formula is C12H8FNO4. The standard InChI is InChI=1S/C12H8FNO4/c13-7-2-1-6-3-4-17-11(6)10(7)9-5-8(12(15)16)14-18-9/h1-2,5H,3-4H2,(H,15,16). The van der Waals surface area contributed by atoms with Crippen molar-refractivity contribution in [1.29, 1.82) is 0 Å². The van der Waals surface area contributed by atoms with Crippen LogP contribution in [0, 0.1) is 5.82 Å². The number of fused-ring (bicyclic) bond motifs is 1. The van der Waals surface area contributed by atoms with E-state index in [-0.39, 0.29) is 17.0 Å². The van der Waals surface area contributed by atoms with Crippen molar-refractivity contribution >= 4 is 5.97 Å². The Morgan fingerprint density at radius 1 is 1.44 bits per heavy atom. The summed E-state index contributed by atoms with van der Waals surface area (Å²) in [5.41, 5.74) is 0.740. The van der Waals surface area contributed by atoms with Crippen LogP contribution in [0.1, 0.15) is 16.1 Å². The van der Waals surface area contributed by atoms with Gasteiger partial charge in [0.1, 0.15) is 11.6 Å². The van der Waals surface area contributed by atoms with Gasteiger partial charge in [-0.25, -0.2) is 9.18 Å². The molecule has 92 valence electrons. The number of hydrogen-bond donors (Lipinski definition) is 1. The molecule has 0 fully saturated rings. The Morgan fingerprint density at radius 3 is 3.00 bits per heavy atom. The summed E-state index contributed by atoms with van der Waals surface area (Å²) < 4.78 is 24.1. The van der Waals surface area contributed by atoms with Crippen LogP contribution < -0.4 is 4.74 Å². The van der Waals surface area contributed by atoms with Gasteiger partial charge in [0.2, 0.25) is 0 Å². The topological polar surface area (TPSA) is 72.6 Å². The molecule has 1 N–H and O–H groups in total. The Morgan fingerprint density at radius 2 is 2.28 bits per heavy atom. The van der Waals surface area contributed by atoms with Crippen LogP contribution in [-0.2, 0) is 6.42 Å². The van der Waals surface area contributed by atoms with Crippen molar-refractivity contribution in [3.8, 4) is 17.1 Å². The highest BCUT2D eigenvalue weighted by atomic mass is 19.1. The number of carbonyl (C=O) groups is 1. The summed E-state index contributed by atoms with van der Waals surface area (Å²) in [6, 6.07) is 4.14. The zero-order chi connectivity index (χ0) is 12.7. The van der Waals surface area contributed by atoms with E-state index < -0.39 is 11.8 Å². The zero-order valence-electron chi connectivity index (χ0n) is 9.14. The molecule has 0 aliphatic carbocycles. The molecule has 5 nitrogen and oxygen atoms in total. The number of aromatic nitrogens is 1. The molecule has 3 rings (SSSR count). The first kappa shape index (κ1) is 10.8. The quantitative estimate of drug-likeness (QED) is 0.882. The fourth-order valence-electron chi connectivity index (χ4n) is 1.95. The number of nitrogens with zero attached hydrogens (tertiary/aromatic N) is 1. The molecule has 0 amide bonds. The van der Waals surface area contributed by atoms with E-state index in [4.69, 9.17) is 14.4 Å². The maximum Gasteiger partial charge on any atom is 0.358 e. The van der Waals surface area contributed by atoms with E-state index in [1.54, 1.807) is 6.07 Å². The number of carboxylic acid groups (broad SMARTS) is 1. The zero-order valence-corrected chi connectivity index (χ0v) is 9.14. The van der Waals surface area contributed by atoms with Crippen LogP contribution in [0.2, 0.25) is 0 Å². The molecule has 1 aliphatic heterocycles. The van der Waals surface area contributed by atoms with Crippen molar-refractivity contribution in [3.63, 3.8) is 0 Å². The summed E-state index contributed by atoms with van der Waals surface area (Å²) in [7, 11) is 0. The van der Waals surface area contributed by atoms with Crippen LogP contribution in [0.4, 0.5) is 4.39 Å².